The Morgan fingerprint density at radius 3 is 3.20 bits per heavy atom. The Kier molecular flexibility index (Phi) is 5.35. The van der Waals surface area contributed by atoms with Gasteiger partial charge in [-0.15, -0.1) is 11.3 Å². The zero-order chi connectivity index (χ0) is 13.8. The highest BCUT2D eigenvalue weighted by Crippen LogP contribution is 2.39. The van der Waals surface area contributed by atoms with Gasteiger partial charge in [0.25, 0.3) is 0 Å². The summed E-state index contributed by atoms with van der Waals surface area (Å²) in [6.07, 6.45) is 6.71. The van der Waals surface area contributed by atoms with Crippen LogP contribution in [0.1, 0.15) is 42.5 Å². The van der Waals surface area contributed by atoms with E-state index in [0.717, 1.165) is 37.6 Å². The van der Waals surface area contributed by atoms with Crippen LogP contribution in [0.15, 0.2) is 11.4 Å². The lowest BCUT2D eigenvalue weighted by molar-refractivity contribution is -0.132. The molecule has 3 heterocycles. The van der Waals surface area contributed by atoms with E-state index in [4.69, 9.17) is 0 Å². The molecule has 0 aromatic carbocycles. The van der Waals surface area contributed by atoms with Crippen molar-refractivity contribution in [1.29, 1.82) is 0 Å². The molecule has 2 aliphatic heterocycles. The van der Waals surface area contributed by atoms with E-state index in [2.05, 4.69) is 16.3 Å². The number of rotatable bonds is 5. The number of carbonyl (C=O) groups is 1. The minimum atomic E-state index is 0.357. The lowest BCUT2D eigenvalue weighted by Gasteiger charge is -2.27. The van der Waals surface area contributed by atoms with Gasteiger partial charge in [0, 0.05) is 35.4 Å². The van der Waals surface area contributed by atoms with Crippen molar-refractivity contribution in [1.82, 2.24) is 4.90 Å². The van der Waals surface area contributed by atoms with Crippen LogP contribution in [0, 0.1) is 0 Å². The van der Waals surface area contributed by atoms with Gasteiger partial charge in [0.2, 0.25) is 5.91 Å². The molecule has 110 valence electrons. The Bertz CT molecular complexity index is 454. The smallest absolute Gasteiger partial charge is 0.222 e. The van der Waals surface area contributed by atoms with Crippen LogP contribution in [0.3, 0.4) is 0 Å². The summed E-state index contributed by atoms with van der Waals surface area (Å²) in [5.74, 6) is 1.67. The lowest BCUT2D eigenvalue weighted by Crippen LogP contribution is -2.35. The number of hydrogen-bond acceptors (Lipinski definition) is 4. The molecule has 2 nitrogen and oxygen atoms in total. The number of hydrogen-bond donors (Lipinski definition) is 0. The quantitative estimate of drug-likeness (QED) is 0.592. The molecule has 20 heavy (non-hydrogen) atoms. The first kappa shape index (κ1) is 14.8. The van der Waals surface area contributed by atoms with E-state index in [1.807, 2.05) is 32.9 Å². The molecule has 2 aliphatic rings. The first-order valence-electron chi connectivity index (χ1n) is 7.44. The molecule has 0 aliphatic carbocycles. The van der Waals surface area contributed by atoms with Gasteiger partial charge in [0.15, 0.2) is 0 Å². The zero-order valence-corrected chi connectivity index (χ0v) is 14.1. The third-order valence-electron chi connectivity index (χ3n) is 4.05. The first-order valence-corrected chi connectivity index (χ1v) is 10.7. The molecule has 1 amide bonds. The van der Waals surface area contributed by atoms with Crippen LogP contribution in [0.2, 0.25) is 0 Å². The number of fused-ring (bicyclic) bond motifs is 1. The predicted molar refractivity (Wildman–Crippen MR) is 90.4 cm³/mol. The SMILES string of the molecule is O=C(CCCCC1CCSS1)N1CCc2sccc2C1. The Hall–Kier alpha value is -0.130. The molecule has 0 N–H and O–H groups in total. The molecule has 3 rings (SSSR count). The summed E-state index contributed by atoms with van der Waals surface area (Å²) in [5.41, 5.74) is 1.37. The van der Waals surface area contributed by atoms with Crippen molar-refractivity contribution in [3.8, 4) is 0 Å². The predicted octanol–water partition coefficient (Wildman–Crippen LogP) is 4.35. The maximum Gasteiger partial charge on any atom is 0.222 e. The molecule has 5 heteroatoms. The van der Waals surface area contributed by atoms with Gasteiger partial charge in [-0.2, -0.15) is 0 Å². The van der Waals surface area contributed by atoms with Crippen LogP contribution in [0.25, 0.3) is 0 Å². The van der Waals surface area contributed by atoms with Crippen molar-refractivity contribution in [2.24, 2.45) is 0 Å². The second-order valence-corrected chi connectivity index (χ2v) is 9.30. The Labute approximate surface area is 133 Å². The fourth-order valence-electron chi connectivity index (χ4n) is 2.83. The van der Waals surface area contributed by atoms with E-state index in [1.54, 1.807) is 0 Å². The molecular weight excluding hydrogens is 306 g/mol. The molecule has 1 atom stereocenters. The number of thiophene rings is 1. The number of carbonyl (C=O) groups excluding carboxylic acids is 1. The van der Waals surface area contributed by atoms with Gasteiger partial charge < -0.3 is 4.90 Å². The van der Waals surface area contributed by atoms with Crippen LogP contribution in [-0.4, -0.2) is 28.4 Å². The number of nitrogens with zero attached hydrogens (tertiary/aromatic N) is 1. The van der Waals surface area contributed by atoms with Gasteiger partial charge in [-0.25, -0.2) is 0 Å². The van der Waals surface area contributed by atoms with Gasteiger partial charge in [-0.3, -0.25) is 4.79 Å². The standard InChI is InChI=1S/C15H21NOS3/c17-15(4-2-1-3-13-7-10-19-20-13)16-8-5-14-12(11-16)6-9-18-14/h6,9,13H,1-5,7-8,10-11H2. The second-order valence-electron chi connectivity index (χ2n) is 5.51. The summed E-state index contributed by atoms with van der Waals surface area (Å²) in [6, 6.07) is 2.18. The maximum atomic E-state index is 12.2. The fourth-order valence-corrected chi connectivity index (χ4v) is 6.75. The van der Waals surface area contributed by atoms with Crippen molar-refractivity contribution in [2.75, 3.05) is 12.3 Å². The van der Waals surface area contributed by atoms with Crippen molar-refractivity contribution in [2.45, 2.75) is 50.3 Å². The van der Waals surface area contributed by atoms with Gasteiger partial charge in [0.1, 0.15) is 0 Å². The first-order chi connectivity index (χ1) is 9.83. The maximum absolute atomic E-state index is 12.2. The molecule has 1 aromatic rings. The Morgan fingerprint density at radius 2 is 2.35 bits per heavy atom. The molecule has 0 saturated carbocycles. The molecule has 1 fully saturated rings. The van der Waals surface area contributed by atoms with Crippen molar-refractivity contribution < 1.29 is 4.79 Å². The largest absolute Gasteiger partial charge is 0.338 e. The highest BCUT2D eigenvalue weighted by Gasteiger charge is 2.21. The summed E-state index contributed by atoms with van der Waals surface area (Å²) in [5, 5.41) is 2.99. The molecular formula is C15H21NOS3. The van der Waals surface area contributed by atoms with Gasteiger partial charge in [-0.1, -0.05) is 28.0 Å². The van der Waals surface area contributed by atoms with E-state index < -0.39 is 0 Å². The van der Waals surface area contributed by atoms with Gasteiger partial charge in [0.05, 0.1) is 0 Å². The molecule has 1 unspecified atom stereocenters. The lowest BCUT2D eigenvalue weighted by atomic mass is 10.1. The van der Waals surface area contributed by atoms with Crippen molar-refractivity contribution >= 4 is 38.8 Å². The highest BCUT2D eigenvalue weighted by atomic mass is 33.1. The minimum absolute atomic E-state index is 0.357. The fraction of sp³-hybridized carbons (Fsp3) is 0.667. The second kappa shape index (κ2) is 7.23. The Morgan fingerprint density at radius 1 is 1.40 bits per heavy atom. The summed E-state index contributed by atoms with van der Waals surface area (Å²) in [7, 11) is 4.05. The van der Waals surface area contributed by atoms with Crippen molar-refractivity contribution in [3.05, 3.63) is 21.9 Å². The summed E-state index contributed by atoms with van der Waals surface area (Å²) >= 11 is 1.83. The summed E-state index contributed by atoms with van der Waals surface area (Å²) in [4.78, 5) is 15.8. The molecule has 1 aromatic heterocycles. The Balaban J connectivity index is 1.37. The minimum Gasteiger partial charge on any atom is -0.338 e. The highest BCUT2D eigenvalue weighted by molar-refractivity contribution is 8.77. The molecule has 1 saturated heterocycles. The number of amides is 1. The normalized spacial score (nSPS) is 22.0. The van der Waals surface area contributed by atoms with Crippen LogP contribution in [-0.2, 0) is 17.8 Å². The van der Waals surface area contributed by atoms with Crippen LogP contribution in [0.4, 0.5) is 0 Å². The topological polar surface area (TPSA) is 20.3 Å². The monoisotopic (exact) mass is 327 g/mol. The van der Waals surface area contributed by atoms with Crippen LogP contribution < -0.4 is 0 Å². The summed E-state index contributed by atoms with van der Waals surface area (Å²) in [6.45, 7) is 1.76. The zero-order valence-electron chi connectivity index (χ0n) is 11.7. The van der Waals surface area contributed by atoms with Gasteiger partial charge in [-0.05, 0) is 42.7 Å². The van der Waals surface area contributed by atoms with E-state index in [-0.39, 0.29) is 0 Å². The number of unbranched alkanes of at least 4 members (excludes halogenated alkanes) is 1. The summed E-state index contributed by atoms with van der Waals surface area (Å²) < 4.78 is 0. The average molecular weight is 328 g/mol. The molecule has 0 radical (unpaired) electrons. The van der Waals surface area contributed by atoms with Crippen LogP contribution >= 0.6 is 32.9 Å². The van der Waals surface area contributed by atoms with Crippen LogP contribution in [0.5, 0.6) is 0 Å². The van der Waals surface area contributed by atoms with Gasteiger partial charge >= 0.3 is 0 Å². The van der Waals surface area contributed by atoms with E-state index >= 15 is 0 Å². The van der Waals surface area contributed by atoms with E-state index in [1.165, 1.54) is 35.5 Å². The van der Waals surface area contributed by atoms with E-state index in [9.17, 15) is 4.79 Å². The molecule has 0 bridgehead atoms. The van der Waals surface area contributed by atoms with Crippen molar-refractivity contribution in [3.63, 3.8) is 0 Å². The third kappa shape index (κ3) is 3.74. The third-order valence-corrected chi connectivity index (χ3v) is 8.08. The average Bonchev–Trinajstić information content (AvgIpc) is 3.13. The van der Waals surface area contributed by atoms with E-state index in [0.29, 0.717) is 5.91 Å². The molecule has 0 spiro atoms.